The third-order valence-corrected chi connectivity index (χ3v) is 6.75. The van der Waals surface area contributed by atoms with E-state index in [1.807, 2.05) is 20.8 Å². The van der Waals surface area contributed by atoms with Gasteiger partial charge in [-0.2, -0.15) is 0 Å². The highest BCUT2D eigenvalue weighted by Crippen LogP contribution is 2.54. The molecule has 1 aromatic rings. The van der Waals surface area contributed by atoms with Crippen molar-refractivity contribution in [1.82, 2.24) is 4.98 Å². The molecule has 5 heteroatoms. The summed E-state index contributed by atoms with van der Waals surface area (Å²) in [6.45, 7) is 11.0. The van der Waals surface area contributed by atoms with E-state index in [9.17, 15) is 9.90 Å². The molecule has 2 atom stereocenters. The minimum Gasteiger partial charge on any atom is -0.462 e. The van der Waals surface area contributed by atoms with Crippen LogP contribution >= 0.6 is 0 Å². The van der Waals surface area contributed by atoms with Gasteiger partial charge in [-0.15, -0.1) is 0 Å². The Hall–Kier alpha value is -1.46. The molecule has 3 rings (SSSR count). The maximum atomic E-state index is 13.0. The molecule has 30 heavy (non-hydrogen) atoms. The molecule has 1 fully saturated rings. The van der Waals surface area contributed by atoms with E-state index in [1.54, 1.807) is 7.11 Å². The molecule has 1 saturated carbocycles. The number of carbonyl (C=O) groups excluding carboxylic acids is 1. The normalized spacial score (nSPS) is 19.9. The fourth-order valence-corrected chi connectivity index (χ4v) is 5.14. The van der Waals surface area contributed by atoms with Crippen molar-refractivity contribution in [3.8, 4) is 0 Å². The molecule has 2 aliphatic rings. The number of esters is 1. The number of methoxy groups -OCH3 is 1. The van der Waals surface area contributed by atoms with Crippen molar-refractivity contribution < 1.29 is 19.4 Å². The van der Waals surface area contributed by atoms with E-state index in [-0.39, 0.29) is 17.3 Å². The number of aliphatic hydroxyl groups excluding tert-OH is 1. The van der Waals surface area contributed by atoms with Gasteiger partial charge in [-0.3, -0.25) is 4.98 Å². The third-order valence-electron chi connectivity index (χ3n) is 6.75. The summed E-state index contributed by atoms with van der Waals surface area (Å²) in [6.07, 6.45) is 7.15. The Bertz CT molecular complexity index is 712. The van der Waals surface area contributed by atoms with E-state index < -0.39 is 6.10 Å². The molecule has 1 spiro atoms. The number of aromatic nitrogens is 1. The lowest BCUT2D eigenvalue weighted by molar-refractivity contribution is 0.0236. The van der Waals surface area contributed by atoms with Gasteiger partial charge in [-0.05, 0) is 62.8 Å². The third kappa shape index (κ3) is 4.88. The molecule has 0 radical (unpaired) electrons. The Balaban J connectivity index is 0.00000155. The largest absolute Gasteiger partial charge is 0.462 e. The summed E-state index contributed by atoms with van der Waals surface area (Å²) >= 11 is 0. The highest BCUT2D eigenvalue weighted by atomic mass is 16.5. The zero-order valence-corrected chi connectivity index (χ0v) is 19.8. The fourth-order valence-electron chi connectivity index (χ4n) is 5.14. The second-order valence-corrected chi connectivity index (χ2v) is 8.42. The predicted molar refractivity (Wildman–Crippen MR) is 120 cm³/mol. The van der Waals surface area contributed by atoms with E-state index in [2.05, 4.69) is 13.8 Å². The van der Waals surface area contributed by atoms with Crippen LogP contribution in [-0.4, -0.2) is 36.4 Å². The summed E-state index contributed by atoms with van der Waals surface area (Å²) < 4.78 is 10.7. The van der Waals surface area contributed by atoms with Gasteiger partial charge in [0.2, 0.25) is 0 Å². The minimum absolute atomic E-state index is 0.145. The van der Waals surface area contributed by atoms with Gasteiger partial charge in [0.25, 0.3) is 0 Å². The zero-order valence-electron chi connectivity index (χ0n) is 19.8. The van der Waals surface area contributed by atoms with Crippen LogP contribution in [0.2, 0.25) is 0 Å². The molecule has 1 aromatic heterocycles. The van der Waals surface area contributed by atoms with Gasteiger partial charge in [0.05, 0.1) is 24.0 Å². The van der Waals surface area contributed by atoms with Crippen LogP contribution in [0.4, 0.5) is 0 Å². The van der Waals surface area contributed by atoms with E-state index in [4.69, 9.17) is 14.5 Å². The molecular formula is C25H41NO4. The number of ether oxygens (including phenoxy) is 2. The fraction of sp³-hybridized carbons (Fsp3) is 0.760. The van der Waals surface area contributed by atoms with E-state index in [1.165, 1.54) is 19.3 Å². The lowest BCUT2D eigenvalue weighted by Gasteiger charge is -2.47. The first kappa shape index (κ1) is 24.8. The van der Waals surface area contributed by atoms with Crippen LogP contribution in [0.5, 0.6) is 0 Å². The molecule has 2 unspecified atom stereocenters. The van der Waals surface area contributed by atoms with Crippen LogP contribution in [0.15, 0.2) is 0 Å². The Morgan fingerprint density at radius 2 is 1.97 bits per heavy atom. The highest BCUT2D eigenvalue weighted by Gasteiger charge is 2.45. The number of fused-ring (bicyclic) bond motifs is 1. The molecule has 0 amide bonds. The van der Waals surface area contributed by atoms with Crippen LogP contribution in [0, 0.1) is 5.41 Å². The van der Waals surface area contributed by atoms with Crippen molar-refractivity contribution in [3.63, 3.8) is 0 Å². The van der Waals surface area contributed by atoms with Crippen LogP contribution in [-0.2, 0) is 22.3 Å². The topological polar surface area (TPSA) is 68.7 Å². The standard InChI is InChI=1S/C23H35NO4.C2H6/c1-5-15(9-12-27-4)21-20(22(26)28-7-3)16(6-2)19-17(24-21)13-23(10-8-11-23)14-18(19)25;1-2/h15,18,25H,5-14H2,1-4H3;1-2H3. The van der Waals surface area contributed by atoms with Crippen molar-refractivity contribution in [1.29, 1.82) is 0 Å². The van der Waals surface area contributed by atoms with E-state index in [0.29, 0.717) is 25.2 Å². The first-order valence-corrected chi connectivity index (χ1v) is 11.9. The van der Waals surface area contributed by atoms with Gasteiger partial charge in [0.15, 0.2) is 0 Å². The average molecular weight is 420 g/mol. The maximum absolute atomic E-state index is 13.0. The van der Waals surface area contributed by atoms with E-state index >= 15 is 0 Å². The summed E-state index contributed by atoms with van der Waals surface area (Å²) in [5.41, 5.74) is 4.49. The molecule has 1 N–H and O–H groups in total. The van der Waals surface area contributed by atoms with Gasteiger partial charge in [-0.25, -0.2) is 4.79 Å². The molecule has 0 aromatic carbocycles. The molecule has 170 valence electrons. The van der Waals surface area contributed by atoms with Crippen molar-refractivity contribution in [2.45, 2.75) is 98.0 Å². The summed E-state index contributed by atoms with van der Waals surface area (Å²) in [6, 6.07) is 0. The molecule has 0 saturated heterocycles. The summed E-state index contributed by atoms with van der Waals surface area (Å²) in [7, 11) is 1.70. The molecule has 5 nitrogen and oxygen atoms in total. The Labute approximate surface area is 182 Å². The van der Waals surface area contributed by atoms with E-state index in [0.717, 1.165) is 48.2 Å². The smallest absolute Gasteiger partial charge is 0.340 e. The van der Waals surface area contributed by atoms with Gasteiger partial charge in [0.1, 0.15) is 0 Å². The van der Waals surface area contributed by atoms with Crippen LogP contribution in [0.25, 0.3) is 0 Å². The predicted octanol–water partition coefficient (Wildman–Crippen LogP) is 5.53. The SMILES string of the molecule is CC.CCOC(=O)c1c(C(CC)CCOC)nc2c(c1CC)C(O)CC1(CCC1)C2. The molecular weight excluding hydrogens is 378 g/mol. The van der Waals surface area contributed by atoms with Gasteiger partial charge in [0, 0.05) is 30.9 Å². The summed E-state index contributed by atoms with van der Waals surface area (Å²) in [5.74, 6) is -0.164. The number of pyridine rings is 1. The van der Waals surface area contributed by atoms with Crippen molar-refractivity contribution in [2.75, 3.05) is 20.3 Å². The van der Waals surface area contributed by atoms with Crippen LogP contribution in [0.1, 0.15) is 118 Å². The number of carbonyl (C=O) groups is 1. The minimum atomic E-state index is -0.534. The second-order valence-electron chi connectivity index (χ2n) is 8.42. The molecule has 1 heterocycles. The van der Waals surface area contributed by atoms with Crippen molar-refractivity contribution in [2.24, 2.45) is 5.41 Å². The monoisotopic (exact) mass is 419 g/mol. The number of hydrogen-bond donors (Lipinski definition) is 1. The lowest BCUT2D eigenvalue weighted by atomic mass is 9.59. The summed E-state index contributed by atoms with van der Waals surface area (Å²) in [5, 5.41) is 11.0. The molecule has 2 aliphatic carbocycles. The van der Waals surface area contributed by atoms with Crippen molar-refractivity contribution in [3.05, 3.63) is 28.1 Å². The number of aliphatic hydroxyl groups is 1. The van der Waals surface area contributed by atoms with Gasteiger partial charge < -0.3 is 14.6 Å². The van der Waals surface area contributed by atoms with Gasteiger partial charge >= 0.3 is 5.97 Å². The average Bonchev–Trinajstić information content (AvgIpc) is 2.73. The number of hydrogen-bond acceptors (Lipinski definition) is 5. The maximum Gasteiger partial charge on any atom is 0.340 e. The van der Waals surface area contributed by atoms with Crippen LogP contribution < -0.4 is 0 Å². The molecule has 0 bridgehead atoms. The first-order valence-electron chi connectivity index (χ1n) is 11.9. The Morgan fingerprint density at radius 1 is 1.27 bits per heavy atom. The Kier molecular flexibility index (Phi) is 9.30. The first-order chi connectivity index (χ1) is 14.5. The highest BCUT2D eigenvalue weighted by molar-refractivity contribution is 5.93. The second kappa shape index (κ2) is 11.2. The van der Waals surface area contributed by atoms with Crippen molar-refractivity contribution >= 4 is 5.97 Å². The number of nitrogens with zero attached hydrogens (tertiary/aromatic N) is 1. The van der Waals surface area contributed by atoms with Crippen LogP contribution in [0.3, 0.4) is 0 Å². The quantitative estimate of drug-likeness (QED) is 0.561. The Morgan fingerprint density at radius 3 is 2.47 bits per heavy atom. The lowest BCUT2D eigenvalue weighted by Crippen LogP contribution is -2.39. The molecule has 0 aliphatic heterocycles. The summed E-state index contributed by atoms with van der Waals surface area (Å²) in [4.78, 5) is 18.0. The zero-order chi connectivity index (χ0) is 22.3. The number of rotatable bonds is 8. The van der Waals surface area contributed by atoms with Gasteiger partial charge in [-0.1, -0.05) is 34.1 Å².